The molecule has 1 saturated carbocycles. The molecular weight excluding hydrogens is 566 g/mol. The van der Waals surface area contributed by atoms with Crippen molar-refractivity contribution in [2.75, 3.05) is 23.4 Å². The molecule has 1 heterocycles. The Balaban J connectivity index is 1.51. The summed E-state index contributed by atoms with van der Waals surface area (Å²) in [6, 6.07) is 21.4. The van der Waals surface area contributed by atoms with Gasteiger partial charge in [0.15, 0.2) is 11.5 Å². The number of sulfonamides is 1. The molecule has 1 unspecified atom stereocenters. The number of nitrogens with zero attached hydrogens (tertiary/aromatic N) is 2. The van der Waals surface area contributed by atoms with Crippen LogP contribution >= 0.6 is 0 Å². The molecule has 228 valence electrons. The van der Waals surface area contributed by atoms with E-state index in [-0.39, 0.29) is 31.0 Å². The molecule has 10 heteroatoms. The molecule has 5 rings (SSSR count). The van der Waals surface area contributed by atoms with Gasteiger partial charge in [-0.1, -0.05) is 73.0 Å². The third kappa shape index (κ3) is 7.48. The summed E-state index contributed by atoms with van der Waals surface area (Å²) in [5, 5.41) is 3.19. The largest absolute Gasteiger partial charge is 0.454 e. The molecule has 0 saturated heterocycles. The van der Waals surface area contributed by atoms with Crippen LogP contribution in [0.3, 0.4) is 0 Å². The van der Waals surface area contributed by atoms with Crippen LogP contribution in [0.2, 0.25) is 0 Å². The molecule has 9 nitrogen and oxygen atoms in total. The zero-order valence-corrected chi connectivity index (χ0v) is 25.5. The number of nitrogens with one attached hydrogen (secondary N) is 1. The smallest absolute Gasteiger partial charge is 0.244 e. The van der Waals surface area contributed by atoms with Gasteiger partial charge in [-0.25, -0.2) is 8.42 Å². The number of amides is 2. The average Bonchev–Trinajstić information content (AvgIpc) is 3.71. The van der Waals surface area contributed by atoms with E-state index in [1.807, 2.05) is 61.5 Å². The first-order chi connectivity index (χ1) is 20.7. The Kier molecular flexibility index (Phi) is 9.55. The topological polar surface area (TPSA) is 105 Å². The van der Waals surface area contributed by atoms with Crippen molar-refractivity contribution in [3.05, 3.63) is 89.5 Å². The SMILES string of the molecule is CCS(=O)(=O)N(CC(=O)N(Cc1ccc(C)cc1)C(Cc1ccccc1)C(=O)NC1CCCC1)c1ccc2c(c1)OCO2. The molecule has 2 amide bonds. The van der Waals surface area contributed by atoms with Crippen LogP contribution in [-0.4, -0.2) is 56.3 Å². The Morgan fingerprint density at radius 2 is 1.63 bits per heavy atom. The predicted molar refractivity (Wildman–Crippen MR) is 165 cm³/mol. The fraction of sp³-hybridized carbons (Fsp3) is 0.394. The van der Waals surface area contributed by atoms with E-state index < -0.39 is 28.5 Å². The molecule has 0 aromatic heterocycles. The molecular formula is C33H39N3O6S. The van der Waals surface area contributed by atoms with Crippen LogP contribution in [0.1, 0.15) is 49.3 Å². The highest BCUT2D eigenvalue weighted by molar-refractivity contribution is 7.92. The van der Waals surface area contributed by atoms with E-state index in [0.717, 1.165) is 46.7 Å². The zero-order valence-electron chi connectivity index (χ0n) is 24.7. The van der Waals surface area contributed by atoms with E-state index in [9.17, 15) is 18.0 Å². The van der Waals surface area contributed by atoms with Crippen LogP contribution in [0, 0.1) is 6.92 Å². The summed E-state index contributed by atoms with van der Waals surface area (Å²) in [5.41, 5.74) is 3.12. The van der Waals surface area contributed by atoms with Gasteiger partial charge in [0.05, 0.1) is 11.4 Å². The summed E-state index contributed by atoms with van der Waals surface area (Å²) in [5.74, 6) is 0.0107. The quantitative estimate of drug-likeness (QED) is 0.324. The normalized spacial score (nSPS) is 15.2. The molecule has 3 aromatic carbocycles. The Bertz CT molecular complexity index is 1520. The molecule has 43 heavy (non-hydrogen) atoms. The zero-order chi connectivity index (χ0) is 30.4. The van der Waals surface area contributed by atoms with Crippen LogP contribution in [0.25, 0.3) is 0 Å². The molecule has 0 spiro atoms. The maximum atomic E-state index is 14.4. The van der Waals surface area contributed by atoms with Gasteiger partial charge >= 0.3 is 0 Å². The number of rotatable bonds is 12. The highest BCUT2D eigenvalue weighted by Gasteiger charge is 2.35. The fourth-order valence-corrected chi connectivity index (χ4v) is 6.63. The lowest BCUT2D eigenvalue weighted by atomic mass is 10.0. The van der Waals surface area contributed by atoms with E-state index in [0.29, 0.717) is 23.6 Å². The lowest BCUT2D eigenvalue weighted by Crippen LogP contribution is -2.54. The maximum Gasteiger partial charge on any atom is 0.244 e. The Hall–Kier alpha value is -4.05. The molecule has 0 radical (unpaired) electrons. The molecule has 1 aliphatic carbocycles. The number of anilines is 1. The van der Waals surface area contributed by atoms with Gasteiger partial charge in [-0.15, -0.1) is 0 Å². The van der Waals surface area contributed by atoms with Crippen LogP contribution in [0.5, 0.6) is 11.5 Å². The van der Waals surface area contributed by atoms with E-state index in [2.05, 4.69) is 5.32 Å². The number of carbonyl (C=O) groups excluding carboxylic acids is 2. The minimum Gasteiger partial charge on any atom is -0.454 e. The van der Waals surface area contributed by atoms with E-state index in [1.54, 1.807) is 18.2 Å². The first-order valence-corrected chi connectivity index (χ1v) is 16.4. The summed E-state index contributed by atoms with van der Waals surface area (Å²) in [4.78, 5) is 29.8. The Labute approximate surface area is 253 Å². The summed E-state index contributed by atoms with van der Waals surface area (Å²) >= 11 is 0. The first kappa shape index (κ1) is 30.4. The monoisotopic (exact) mass is 605 g/mol. The van der Waals surface area contributed by atoms with Crippen molar-refractivity contribution in [2.45, 2.75) is 64.6 Å². The number of hydrogen-bond acceptors (Lipinski definition) is 6. The fourth-order valence-electron chi connectivity index (χ4n) is 5.57. The van der Waals surface area contributed by atoms with Crippen molar-refractivity contribution in [1.82, 2.24) is 10.2 Å². The maximum absolute atomic E-state index is 14.4. The van der Waals surface area contributed by atoms with Crippen molar-refractivity contribution in [3.63, 3.8) is 0 Å². The van der Waals surface area contributed by atoms with Gasteiger partial charge in [-0.3, -0.25) is 13.9 Å². The third-order valence-electron chi connectivity index (χ3n) is 8.07. The highest BCUT2D eigenvalue weighted by Crippen LogP contribution is 2.36. The summed E-state index contributed by atoms with van der Waals surface area (Å²) < 4.78 is 38.8. The van der Waals surface area contributed by atoms with Crippen molar-refractivity contribution < 1.29 is 27.5 Å². The second-order valence-corrected chi connectivity index (χ2v) is 13.3. The number of carbonyl (C=O) groups is 2. The van der Waals surface area contributed by atoms with Gasteiger partial charge in [0.25, 0.3) is 0 Å². The van der Waals surface area contributed by atoms with E-state index in [1.165, 1.54) is 11.8 Å². The average molecular weight is 606 g/mol. The number of benzene rings is 3. The summed E-state index contributed by atoms with van der Waals surface area (Å²) in [7, 11) is -3.87. The van der Waals surface area contributed by atoms with E-state index >= 15 is 0 Å². The lowest BCUT2D eigenvalue weighted by molar-refractivity contribution is -0.140. The highest BCUT2D eigenvalue weighted by atomic mass is 32.2. The second-order valence-electron chi connectivity index (χ2n) is 11.1. The standard InChI is InChI=1S/C33H39N3O6S/c1-3-43(39,40)36(28-17-18-30-31(20-28)42-23-41-30)22-32(37)35(21-26-15-13-24(2)14-16-26)29(19-25-9-5-4-6-10-25)33(38)34-27-11-7-8-12-27/h4-6,9-10,13-18,20,27,29H,3,7-8,11-12,19,21-23H2,1-2H3,(H,34,38). The molecule has 0 bridgehead atoms. The molecule has 1 N–H and O–H groups in total. The lowest BCUT2D eigenvalue weighted by Gasteiger charge is -2.34. The minimum absolute atomic E-state index is 0.0415. The minimum atomic E-state index is -3.87. The van der Waals surface area contributed by atoms with Crippen molar-refractivity contribution in [2.24, 2.45) is 0 Å². The van der Waals surface area contributed by atoms with Crippen LogP contribution in [0.4, 0.5) is 5.69 Å². The van der Waals surface area contributed by atoms with Gasteiger partial charge in [-0.2, -0.15) is 0 Å². The molecule has 1 aliphatic heterocycles. The molecule has 1 fully saturated rings. The van der Waals surface area contributed by atoms with Gasteiger partial charge < -0.3 is 19.7 Å². The number of fused-ring (bicyclic) bond motifs is 1. The Morgan fingerprint density at radius 3 is 2.33 bits per heavy atom. The van der Waals surface area contributed by atoms with Gasteiger partial charge in [0.2, 0.25) is 28.6 Å². The van der Waals surface area contributed by atoms with Crippen LogP contribution in [-0.2, 0) is 32.6 Å². The molecule has 2 aliphatic rings. The van der Waals surface area contributed by atoms with Crippen LogP contribution < -0.4 is 19.1 Å². The third-order valence-corrected chi connectivity index (χ3v) is 9.81. The van der Waals surface area contributed by atoms with Gasteiger partial charge in [0, 0.05) is 25.1 Å². The van der Waals surface area contributed by atoms with Gasteiger partial charge in [0.1, 0.15) is 12.6 Å². The van der Waals surface area contributed by atoms with Crippen molar-refractivity contribution in [3.8, 4) is 11.5 Å². The Morgan fingerprint density at radius 1 is 0.930 bits per heavy atom. The number of hydrogen-bond donors (Lipinski definition) is 1. The van der Waals surface area contributed by atoms with Crippen LogP contribution in [0.15, 0.2) is 72.8 Å². The second kappa shape index (κ2) is 13.5. The number of ether oxygens (including phenoxy) is 2. The molecule has 1 atom stereocenters. The summed E-state index contributed by atoms with van der Waals surface area (Å²) in [6.45, 7) is 3.25. The van der Waals surface area contributed by atoms with E-state index in [4.69, 9.17) is 9.47 Å². The summed E-state index contributed by atoms with van der Waals surface area (Å²) in [6.07, 6.45) is 4.21. The molecule has 3 aromatic rings. The number of aryl methyl sites for hydroxylation is 1. The van der Waals surface area contributed by atoms with Crippen molar-refractivity contribution >= 4 is 27.5 Å². The first-order valence-electron chi connectivity index (χ1n) is 14.8. The van der Waals surface area contributed by atoms with Gasteiger partial charge in [-0.05, 0) is 49.9 Å². The predicted octanol–water partition coefficient (Wildman–Crippen LogP) is 4.58. The van der Waals surface area contributed by atoms with Crippen molar-refractivity contribution in [1.29, 1.82) is 0 Å².